The summed E-state index contributed by atoms with van der Waals surface area (Å²) in [5.41, 5.74) is 6.19. The molecule has 0 aliphatic carbocycles. The monoisotopic (exact) mass is 209 g/mol. The van der Waals surface area contributed by atoms with Crippen molar-refractivity contribution in [3.8, 4) is 5.88 Å². The fourth-order valence-electron chi connectivity index (χ4n) is 1.20. The van der Waals surface area contributed by atoms with Crippen LogP contribution in [0.3, 0.4) is 0 Å². The van der Waals surface area contributed by atoms with Crippen molar-refractivity contribution in [3.05, 3.63) is 17.8 Å². The summed E-state index contributed by atoms with van der Waals surface area (Å²) in [6.07, 6.45) is 2.23. The molecule has 0 saturated carbocycles. The Balaban J connectivity index is 2.25. The van der Waals surface area contributed by atoms with Crippen molar-refractivity contribution >= 4 is 0 Å². The van der Waals surface area contributed by atoms with Crippen molar-refractivity contribution in [1.29, 1.82) is 0 Å². The first-order chi connectivity index (χ1) is 7.22. The lowest BCUT2D eigenvalue weighted by atomic mass is 10.1. The number of hydrogen-bond donors (Lipinski definition) is 1. The van der Waals surface area contributed by atoms with Gasteiger partial charge in [0, 0.05) is 12.6 Å². The quantitative estimate of drug-likeness (QED) is 0.725. The van der Waals surface area contributed by atoms with Gasteiger partial charge in [-0.25, -0.2) is 0 Å². The topological polar surface area (TPSA) is 61.0 Å². The van der Waals surface area contributed by atoms with E-state index >= 15 is 0 Å². The van der Waals surface area contributed by atoms with E-state index < -0.39 is 0 Å². The van der Waals surface area contributed by atoms with Crippen molar-refractivity contribution < 1.29 is 4.74 Å². The average Bonchev–Trinajstić information content (AvgIpc) is 2.25. The van der Waals surface area contributed by atoms with Gasteiger partial charge < -0.3 is 10.5 Å². The summed E-state index contributed by atoms with van der Waals surface area (Å²) < 4.78 is 5.44. The summed E-state index contributed by atoms with van der Waals surface area (Å²) in [6, 6.07) is 3.65. The zero-order chi connectivity index (χ0) is 11.1. The number of rotatable bonds is 6. The van der Waals surface area contributed by atoms with E-state index in [1.165, 1.54) is 6.42 Å². The number of nitrogens with two attached hydrogens (primary N) is 1. The molecule has 1 aromatic heterocycles. The Kier molecular flexibility index (Phi) is 5.04. The molecule has 4 heteroatoms. The molecule has 0 spiro atoms. The van der Waals surface area contributed by atoms with Gasteiger partial charge in [-0.3, -0.25) is 0 Å². The predicted molar refractivity (Wildman–Crippen MR) is 59.5 cm³/mol. The van der Waals surface area contributed by atoms with Crippen LogP contribution in [-0.2, 0) is 6.54 Å². The molecule has 0 unspecified atom stereocenters. The third kappa shape index (κ3) is 4.74. The van der Waals surface area contributed by atoms with E-state index in [2.05, 4.69) is 24.0 Å². The molecule has 0 radical (unpaired) electrons. The van der Waals surface area contributed by atoms with Crippen LogP contribution in [0.1, 0.15) is 32.4 Å². The van der Waals surface area contributed by atoms with E-state index in [1.807, 2.05) is 12.1 Å². The molecule has 15 heavy (non-hydrogen) atoms. The molecule has 0 amide bonds. The molecule has 0 aromatic carbocycles. The smallest absolute Gasteiger partial charge is 0.233 e. The summed E-state index contributed by atoms with van der Waals surface area (Å²) in [5, 5.41) is 7.82. The fraction of sp³-hybridized carbons (Fsp3) is 0.636. The van der Waals surface area contributed by atoms with Crippen LogP contribution in [0.2, 0.25) is 0 Å². The van der Waals surface area contributed by atoms with Gasteiger partial charge >= 0.3 is 0 Å². The molecule has 84 valence electrons. The van der Waals surface area contributed by atoms with Gasteiger partial charge in [-0.15, -0.1) is 5.10 Å². The van der Waals surface area contributed by atoms with Crippen LogP contribution in [0.5, 0.6) is 5.88 Å². The third-order valence-corrected chi connectivity index (χ3v) is 2.08. The van der Waals surface area contributed by atoms with Crippen molar-refractivity contribution in [3.63, 3.8) is 0 Å². The minimum absolute atomic E-state index is 0.417. The summed E-state index contributed by atoms with van der Waals surface area (Å²) in [6.45, 7) is 5.53. The van der Waals surface area contributed by atoms with Gasteiger partial charge in [-0.2, -0.15) is 5.10 Å². The Hall–Kier alpha value is -1.16. The molecule has 0 aliphatic heterocycles. The Morgan fingerprint density at radius 1 is 1.33 bits per heavy atom. The maximum absolute atomic E-state index is 5.44. The van der Waals surface area contributed by atoms with Crippen LogP contribution in [-0.4, -0.2) is 16.8 Å². The fourth-order valence-corrected chi connectivity index (χ4v) is 1.20. The van der Waals surface area contributed by atoms with E-state index in [0.29, 0.717) is 19.0 Å². The normalized spacial score (nSPS) is 10.7. The summed E-state index contributed by atoms with van der Waals surface area (Å²) >= 11 is 0. The zero-order valence-corrected chi connectivity index (χ0v) is 9.44. The highest BCUT2D eigenvalue weighted by atomic mass is 16.5. The van der Waals surface area contributed by atoms with Gasteiger partial charge in [0.15, 0.2) is 0 Å². The lowest BCUT2D eigenvalue weighted by Gasteiger charge is -2.06. The molecule has 0 atom stereocenters. The maximum Gasteiger partial charge on any atom is 0.233 e. The van der Waals surface area contributed by atoms with E-state index in [1.54, 1.807) is 0 Å². The second-order valence-electron chi connectivity index (χ2n) is 3.95. The largest absolute Gasteiger partial charge is 0.477 e. The van der Waals surface area contributed by atoms with Crippen LogP contribution in [0.4, 0.5) is 0 Å². The molecule has 2 N–H and O–H groups in total. The molecule has 1 rings (SSSR count). The van der Waals surface area contributed by atoms with Crippen LogP contribution in [0.25, 0.3) is 0 Å². The van der Waals surface area contributed by atoms with Crippen molar-refractivity contribution in [1.82, 2.24) is 10.2 Å². The van der Waals surface area contributed by atoms with Gasteiger partial charge in [0.1, 0.15) is 0 Å². The van der Waals surface area contributed by atoms with Crippen molar-refractivity contribution in [2.45, 2.75) is 33.2 Å². The first kappa shape index (κ1) is 11.9. The molecule has 0 bridgehead atoms. The van der Waals surface area contributed by atoms with Gasteiger partial charge in [0.2, 0.25) is 5.88 Å². The first-order valence-corrected chi connectivity index (χ1v) is 5.38. The van der Waals surface area contributed by atoms with Gasteiger partial charge in [-0.1, -0.05) is 13.8 Å². The van der Waals surface area contributed by atoms with Crippen LogP contribution >= 0.6 is 0 Å². The van der Waals surface area contributed by atoms with Crippen molar-refractivity contribution in [2.24, 2.45) is 11.7 Å². The lowest BCUT2D eigenvalue weighted by molar-refractivity contribution is 0.283. The molecule has 0 saturated heterocycles. The first-order valence-electron chi connectivity index (χ1n) is 5.38. The molecular weight excluding hydrogens is 190 g/mol. The second kappa shape index (κ2) is 6.35. The second-order valence-corrected chi connectivity index (χ2v) is 3.95. The summed E-state index contributed by atoms with van der Waals surface area (Å²) in [7, 11) is 0. The Morgan fingerprint density at radius 3 is 2.67 bits per heavy atom. The highest BCUT2D eigenvalue weighted by Crippen LogP contribution is 2.07. The molecule has 0 fully saturated rings. The van der Waals surface area contributed by atoms with Gasteiger partial charge in [-0.05, 0) is 24.8 Å². The Labute approximate surface area is 90.8 Å². The molecule has 1 heterocycles. The summed E-state index contributed by atoms with van der Waals surface area (Å²) in [5.74, 6) is 1.30. The zero-order valence-electron chi connectivity index (χ0n) is 9.44. The van der Waals surface area contributed by atoms with Crippen LogP contribution in [0.15, 0.2) is 12.1 Å². The number of nitrogens with zero attached hydrogens (tertiary/aromatic N) is 2. The molecule has 0 aliphatic rings. The number of ether oxygens (including phenoxy) is 1. The highest BCUT2D eigenvalue weighted by Gasteiger charge is 1.98. The van der Waals surface area contributed by atoms with E-state index in [-0.39, 0.29) is 0 Å². The van der Waals surface area contributed by atoms with E-state index in [0.717, 1.165) is 18.0 Å². The Morgan fingerprint density at radius 2 is 2.13 bits per heavy atom. The molecule has 4 nitrogen and oxygen atoms in total. The van der Waals surface area contributed by atoms with Crippen LogP contribution < -0.4 is 10.5 Å². The van der Waals surface area contributed by atoms with E-state index in [9.17, 15) is 0 Å². The molecule has 1 aromatic rings. The minimum Gasteiger partial charge on any atom is -0.477 e. The molecular formula is C11H19N3O. The maximum atomic E-state index is 5.44. The average molecular weight is 209 g/mol. The van der Waals surface area contributed by atoms with Gasteiger partial charge in [0.25, 0.3) is 0 Å². The highest BCUT2D eigenvalue weighted by molar-refractivity contribution is 5.10. The van der Waals surface area contributed by atoms with Crippen LogP contribution in [0, 0.1) is 5.92 Å². The SMILES string of the molecule is CC(C)CCCOc1ccc(CN)nn1. The number of hydrogen-bond acceptors (Lipinski definition) is 4. The standard InChI is InChI=1S/C11H19N3O/c1-9(2)4-3-7-15-11-6-5-10(8-12)13-14-11/h5-6,9H,3-4,7-8,12H2,1-2H3. The number of aromatic nitrogens is 2. The predicted octanol–water partition coefficient (Wildman–Crippen LogP) is 1.75. The third-order valence-electron chi connectivity index (χ3n) is 2.08. The van der Waals surface area contributed by atoms with E-state index in [4.69, 9.17) is 10.5 Å². The van der Waals surface area contributed by atoms with Crippen molar-refractivity contribution in [2.75, 3.05) is 6.61 Å². The summed E-state index contributed by atoms with van der Waals surface area (Å²) in [4.78, 5) is 0. The van der Waals surface area contributed by atoms with Gasteiger partial charge in [0.05, 0.1) is 12.3 Å². The Bertz CT molecular complexity index is 272. The minimum atomic E-state index is 0.417. The lowest BCUT2D eigenvalue weighted by Crippen LogP contribution is -2.04.